The van der Waals surface area contributed by atoms with E-state index in [2.05, 4.69) is 42.5 Å². The molecule has 0 unspecified atom stereocenters. The molecule has 4 rings (SSSR count). The Labute approximate surface area is 140 Å². The maximum Gasteiger partial charge on any atom is 0.110 e. The molecule has 0 aromatic heterocycles. The van der Waals surface area contributed by atoms with E-state index in [1.807, 2.05) is 48.5 Å². The number of thioether (sulfide) groups is 1. The van der Waals surface area contributed by atoms with E-state index < -0.39 is 0 Å². The molecule has 0 saturated heterocycles. The van der Waals surface area contributed by atoms with Gasteiger partial charge in [-0.05, 0) is 29.3 Å². The summed E-state index contributed by atoms with van der Waals surface area (Å²) in [6, 6.07) is 28.7. The van der Waals surface area contributed by atoms with Gasteiger partial charge in [0, 0.05) is 16.5 Å². The summed E-state index contributed by atoms with van der Waals surface area (Å²) >= 11 is 1.71. The highest BCUT2D eigenvalue weighted by Crippen LogP contribution is 2.42. The molecule has 0 spiro atoms. The van der Waals surface area contributed by atoms with E-state index in [-0.39, 0.29) is 0 Å². The average molecular weight is 312 g/mol. The van der Waals surface area contributed by atoms with Gasteiger partial charge in [0.05, 0.1) is 5.69 Å². The number of nitrogens with zero attached hydrogens (tertiary/aromatic N) is 1. The van der Waals surface area contributed by atoms with Crippen molar-refractivity contribution in [1.82, 2.24) is 0 Å². The highest BCUT2D eigenvalue weighted by Gasteiger charge is 2.23. The molecule has 0 N–H and O–H groups in total. The summed E-state index contributed by atoms with van der Waals surface area (Å²) in [7, 11) is 0. The van der Waals surface area contributed by atoms with E-state index in [1.54, 1.807) is 11.8 Å². The van der Waals surface area contributed by atoms with Gasteiger partial charge in [-0.3, -0.25) is 0 Å². The first-order chi connectivity index (χ1) is 11.4. The second-order valence-corrected chi connectivity index (χ2v) is 6.25. The van der Waals surface area contributed by atoms with Crippen LogP contribution in [0.1, 0.15) is 11.1 Å². The van der Waals surface area contributed by atoms with Gasteiger partial charge in [-0.2, -0.15) is 0 Å². The van der Waals surface area contributed by atoms with Crippen LogP contribution in [0.15, 0.2) is 94.8 Å². The van der Waals surface area contributed by atoms with Crippen molar-refractivity contribution in [2.45, 2.75) is 4.90 Å². The minimum atomic E-state index is 0.968. The molecule has 1 aliphatic heterocycles. The SMILES string of the molecule is [C](=C1C(=Nc2ccccc2)Sc2ccccc21)c1ccccc1. The molecule has 23 heavy (non-hydrogen) atoms. The molecule has 3 aromatic rings. The van der Waals surface area contributed by atoms with Crippen molar-refractivity contribution in [2.24, 2.45) is 4.99 Å². The van der Waals surface area contributed by atoms with Gasteiger partial charge in [0.1, 0.15) is 5.04 Å². The quantitative estimate of drug-likeness (QED) is 0.586. The van der Waals surface area contributed by atoms with Crippen LogP contribution < -0.4 is 0 Å². The number of rotatable bonds is 2. The maximum absolute atomic E-state index is 4.83. The van der Waals surface area contributed by atoms with Crippen molar-refractivity contribution < 1.29 is 0 Å². The molecule has 0 fully saturated rings. The van der Waals surface area contributed by atoms with Gasteiger partial charge in [0.2, 0.25) is 0 Å². The second kappa shape index (κ2) is 6.27. The number of fused-ring (bicyclic) bond motifs is 1. The van der Waals surface area contributed by atoms with Crippen molar-refractivity contribution in [2.75, 3.05) is 0 Å². The largest absolute Gasteiger partial charge is 0.241 e. The smallest absolute Gasteiger partial charge is 0.110 e. The van der Waals surface area contributed by atoms with Crippen LogP contribution in [0.5, 0.6) is 0 Å². The standard InChI is InChI=1S/C21H14NS/c1-3-9-16(10-4-1)15-19-18-13-7-8-14-20(18)23-21(19)22-17-11-5-2-6-12-17/h1-14H. The summed E-state index contributed by atoms with van der Waals surface area (Å²) in [5, 5.41) is 1.00. The summed E-state index contributed by atoms with van der Waals surface area (Å²) in [6.07, 6.45) is 3.53. The molecule has 0 aliphatic carbocycles. The zero-order valence-electron chi connectivity index (χ0n) is 12.4. The van der Waals surface area contributed by atoms with E-state index in [4.69, 9.17) is 4.99 Å². The molecule has 0 amide bonds. The Kier molecular flexibility index (Phi) is 3.83. The van der Waals surface area contributed by atoms with Gasteiger partial charge < -0.3 is 0 Å². The maximum atomic E-state index is 4.83. The first-order valence-electron chi connectivity index (χ1n) is 7.50. The van der Waals surface area contributed by atoms with Crippen molar-refractivity contribution in [3.63, 3.8) is 0 Å². The lowest BCUT2D eigenvalue weighted by Gasteiger charge is -2.02. The van der Waals surface area contributed by atoms with Crippen LogP contribution in [-0.4, -0.2) is 5.04 Å². The fourth-order valence-corrected chi connectivity index (χ4v) is 3.57. The zero-order valence-corrected chi connectivity index (χ0v) is 13.3. The van der Waals surface area contributed by atoms with Gasteiger partial charge in [0.25, 0.3) is 0 Å². The van der Waals surface area contributed by atoms with Crippen LogP contribution in [0.3, 0.4) is 0 Å². The molecular weight excluding hydrogens is 298 g/mol. The molecule has 1 nitrogen and oxygen atoms in total. The molecule has 1 aliphatic rings. The Hall–Kier alpha value is -2.58. The summed E-state index contributed by atoms with van der Waals surface area (Å²) < 4.78 is 0. The topological polar surface area (TPSA) is 12.4 Å². The molecule has 1 heterocycles. The lowest BCUT2D eigenvalue weighted by atomic mass is 10.0. The number of benzene rings is 3. The summed E-state index contributed by atoms with van der Waals surface area (Å²) in [4.78, 5) is 6.07. The number of para-hydroxylation sites is 1. The Morgan fingerprint density at radius 1 is 0.696 bits per heavy atom. The van der Waals surface area contributed by atoms with Gasteiger partial charge in [-0.25, -0.2) is 4.99 Å². The van der Waals surface area contributed by atoms with Crippen molar-refractivity contribution in [1.29, 1.82) is 0 Å². The third-order valence-electron chi connectivity index (χ3n) is 3.61. The van der Waals surface area contributed by atoms with Crippen LogP contribution in [0.25, 0.3) is 5.57 Å². The number of hydrogen-bond acceptors (Lipinski definition) is 2. The predicted octanol–water partition coefficient (Wildman–Crippen LogP) is 5.76. The number of aliphatic imine (C=N–C) groups is 1. The monoisotopic (exact) mass is 312 g/mol. The Bertz CT molecular complexity index is 880. The van der Waals surface area contributed by atoms with E-state index in [0.29, 0.717) is 0 Å². The molecule has 0 saturated carbocycles. The van der Waals surface area contributed by atoms with E-state index >= 15 is 0 Å². The third-order valence-corrected chi connectivity index (χ3v) is 4.67. The minimum absolute atomic E-state index is 0.968. The molecule has 0 atom stereocenters. The van der Waals surface area contributed by atoms with Crippen molar-refractivity contribution in [3.05, 3.63) is 102 Å². The predicted molar refractivity (Wildman–Crippen MR) is 98.0 cm³/mol. The Balaban J connectivity index is 1.84. The Morgan fingerprint density at radius 2 is 1.35 bits per heavy atom. The zero-order chi connectivity index (χ0) is 15.5. The van der Waals surface area contributed by atoms with Crippen LogP contribution in [0.2, 0.25) is 0 Å². The molecule has 2 heteroatoms. The fraction of sp³-hybridized carbons (Fsp3) is 0. The third kappa shape index (κ3) is 2.99. The van der Waals surface area contributed by atoms with E-state index in [9.17, 15) is 0 Å². The van der Waals surface area contributed by atoms with Crippen molar-refractivity contribution in [3.8, 4) is 0 Å². The lowest BCUT2D eigenvalue weighted by molar-refractivity contribution is 1.42. The van der Waals surface area contributed by atoms with Crippen LogP contribution in [0, 0.1) is 6.08 Å². The van der Waals surface area contributed by atoms with Gasteiger partial charge in [0.15, 0.2) is 0 Å². The minimum Gasteiger partial charge on any atom is -0.241 e. The molecule has 3 aromatic carbocycles. The van der Waals surface area contributed by atoms with Gasteiger partial charge in [-0.1, -0.05) is 78.5 Å². The first-order valence-corrected chi connectivity index (χ1v) is 8.32. The van der Waals surface area contributed by atoms with Crippen LogP contribution >= 0.6 is 11.8 Å². The fourth-order valence-electron chi connectivity index (χ4n) is 2.52. The summed E-state index contributed by atoms with van der Waals surface area (Å²) in [5.74, 6) is 0. The molecule has 109 valence electrons. The van der Waals surface area contributed by atoms with Crippen LogP contribution in [0.4, 0.5) is 5.69 Å². The van der Waals surface area contributed by atoms with E-state index in [1.165, 1.54) is 10.5 Å². The average Bonchev–Trinajstić information content (AvgIpc) is 2.94. The van der Waals surface area contributed by atoms with Gasteiger partial charge >= 0.3 is 0 Å². The summed E-state index contributed by atoms with van der Waals surface area (Å²) in [6.45, 7) is 0. The van der Waals surface area contributed by atoms with E-state index in [0.717, 1.165) is 21.9 Å². The highest BCUT2D eigenvalue weighted by molar-refractivity contribution is 8.15. The number of hydrogen-bond donors (Lipinski definition) is 0. The lowest BCUT2D eigenvalue weighted by Crippen LogP contribution is -1.91. The molecule has 0 bridgehead atoms. The molecule has 1 radical (unpaired) electrons. The van der Waals surface area contributed by atoms with Gasteiger partial charge in [-0.15, -0.1) is 0 Å². The Morgan fingerprint density at radius 3 is 2.13 bits per heavy atom. The van der Waals surface area contributed by atoms with Crippen LogP contribution in [-0.2, 0) is 0 Å². The highest BCUT2D eigenvalue weighted by atomic mass is 32.2. The molecular formula is C21H14NS. The normalized spacial score (nSPS) is 16.7. The second-order valence-electron chi connectivity index (χ2n) is 5.22. The van der Waals surface area contributed by atoms with Crippen molar-refractivity contribution >= 4 is 28.1 Å². The first kappa shape index (κ1) is 14.0. The summed E-state index contributed by atoms with van der Waals surface area (Å²) in [5.41, 5.74) is 4.31.